The quantitative estimate of drug-likeness (QED) is 0.749. The molecule has 0 bridgehead atoms. The van der Waals surface area contributed by atoms with Gasteiger partial charge in [0.25, 0.3) is 0 Å². The van der Waals surface area contributed by atoms with Crippen LogP contribution in [0.25, 0.3) is 0 Å². The van der Waals surface area contributed by atoms with Gasteiger partial charge in [0, 0.05) is 25.7 Å². The summed E-state index contributed by atoms with van der Waals surface area (Å²) in [6.45, 7) is 3.17. The van der Waals surface area contributed by atoms with Gasteiger partial charge in [-0.25, -0.2) is 4.39 Å². The third-order valence-corrected chi connectivity index (χ3v) is 4.55. The second kappa shape index (κ2) is 7.13. The summed E-state index contributed by atoms with van der Waals surface area (Å²) < 4.78 is 20.3. The van der Waals surface area contributed by atoms with E-state index in [9.17, 15) is 4.39 Å². The lowest BCUT2D eigenvalue weighted by Gasteiger charge is -2.22. The maximum Gasteiger partial charge on any atom is 0.167 e. The SMILES string of the molecule is CCCOc1cc(N(C)Cc2csc(Br)c2)c(N)cc1F. The van der Waals surface area contributed by atoms with Crippen LogP contribution in [0.5, 0.6) is 5.75 Å². The van der Waals surface area contributed by atoms with E-state index in [-0.39, 0.29) is 5.75 Å². The lowest BCUT2D eigenvalue weighted by atomic mass is 10.2. The molecule has 0 fully saturated rings. The first-order chi connectivity index (χ1) is 10.0. The Balaban J connectivity index is 2.20. The first-order valence-electron chi connectivity index (χ1n) is 6.67. The van der Waals surface area contributed by atoms with Gasteiger partial charge in [-0.1, -0.05) is 6.92 Å². The number of hydrogen-bond acceptors (Lipinski definition) is 4. The van der Waals surface area contributed by atoms with Gasteiger partial charge in [-0.05, 0) is 39.4 Å². The average molecular weight is 373 g/mol. The highest BCUT2D eigenvalue weighted by Crippen LogP contribution is 2.32. The molecule has 2 rings (SSSR count). The van der Waals surface area contributed by atoms with Crippen LogP contribution in [0.3, 0.4) is 0 Å². The number of nitrogen functional groups attached to an aromatic ring is 1. The van der Waals surface area contributed by atoms with Crippen molar-refractivity contribution >= 4 is 38.6 Å². The second-order valence-electron chi connectivity index (χ2n) is 4.81. The minimum Gasteiger partial charge on any atom is -0.490 e. The lowest BCUT2D eigenvalue weighted by Crippen LogP contribution is -2.18. The number of ether oxygens (including phenoxy) is 1. The monoisotopic (exact) mass is 372 g/mol. The van der Waals surface area contributed by atoms with Gasteiger partial charge < -0.3 is 15.4 Å². The maximum absolute atomic E-state index is 13.8. The smallest absolute Gasteiger partial charge is 0.167 e. The Morgan fingerprint density at radius 1 is 1.38 bits per heavy atom. The summed E-state index contributed by atoms with van der Waals surface area (Å²) in [5, 5.41) is 2.08. The van der Waals surface area contributed by atoms with Crippen LogP contribution in [-0.2, 0) is 6.54 Å². The molecule has 0 radical (unpaired) electrons. The van der Waals surface area contributed by atoms with Gasteiger partial charge in [0.1, 0.15) is 0 Å². The molecule has 21 heavy (non-hydrogen) atoms. The van der Waals surface area contributed by atoms with E-state index in [1.807, 2.05) is 18.9 Å². The van der Waals surface area contributed by atoms with Crippen molar-refractivity contribution in [2.24, 2.45) is 0 Å². The molecule has 0 aliphatic rings. The normalized spacial score (nSPS) is 10.7. The van der Waals surface area contributed by atoms with Crippen LogP contribution in [0.1, 0.15) is 18.9 Å². The molecule has 0 aliphatic carbocycles. The fraction of sp³-hybridized carbons (Fsp3) is 0.333. The van der Waals surface area contributed by atoms with E-state index >= 15 is 0 Å². The second-order valence-corrected chi connectivity index (χ2v) is 7.10. The van der Waals surface area contributed by atoms with Crippen LogP contribution in [0, 0.1) is 5.82 Å². The van der Waals surface area contributed by atoms with E-state index in [2.05, 4.69) is 27.4 Å². The van der Waals surface area contributed by atoms with Gasteiger partial charge in [0.05, 0.1) is 21.8 Å². The zero-order valence-corrected chi connectivity index (χ0v) is 14.4. The number of hydrogen-bond donors (Lipinski definition) is 1. The van der Waals surface area contributed by atoms with Gasteiger partial charge in [0.15, 0.2) is 11.6 Å². The molecule has 114 valence electrons. The largest absolute Gasteiger partial charge is 0.490 e. The Morgan fingerprint density at radius 3 is 2.76 bits per heavy atom. The van der Waals surface area contributed by atoms with Crippen LogP contribution in [0.4, 0.5) is 15.8 Å². The highest BCUT2D eigenvalue weighted by atomic mass is 79.9. The number of halogens is 2. The number of nitrogens with zero attached hydrogens (tertiary/aromatic N) is 1. The summed E-state index contributed by atoms with van der Waals surface area (Å²) in [6.07, 6.45) is 0.831. The Hall–Kier alpha value is -1.27. The summed E-state index contributed by atoms with van der Waals surface area (Å²) >= 11 is 5.08. The van der Waals surface area contributed by atoms with Crippen LogP contribution in [0.2, 0.25) is 0 Å². The molecular formula is C15H18BrFN2OS. The fourth-order valence-corrected chi connectivity index (χ4v) is 3.20. The van der Waals surface area contributed by atoms with Crippen molar-refractivity contribution in [2.45, 2.75) is 19.9 Å². The molecule has 0 aliphatic heterocycles. The molecule has 0 atom stereocenters. The van der Waals surface area contributed by atoms with E-state index in [1.165, 1.54) is 11.6 Å². The summed E-state index contributed by atoms with van der Waals surface area (Å²) in [6, 6.07) is 5.05. The standard InChI is InChI=1S/C15H18BrFN2OS/c1-3-4-20-14-7-13(12(18)6-11(14)17)19(2)8-10-5-15(16)21-9-10/h5-7,9H,3-4,8,18H2,1-2H3. The van der Waals surface area contributed by atoms with Gasteiger partial charge in [-0.3, -0.25) is 0 Å². The van der Waals surface area contributed by atoms with Crippen molar-refractivity contribution in [3.05, 3.63) is 38.7 Å². The number of benzene rings is 1. The predicted octanol–water partition coefficient (Wildman–Crippen LogP) is 4.66. The summed E-state index contributed by atoms with van der Waals surface area (Å²) in [4.78, 5) is 1.99. The lowest BCUT2D eigenvalue weighted by molar-refractivity contribution is 0.301. The zero-order chi connectivity index (χ0) is 15.4. The molecular weight excluding hydrogens is 355 g/mol. The van der Waals surface area contributed by atoms with Crippen LogP contribution in [-0.4, -0.2) is 13.7 Å². The fourth-order valence-electron chi connectivity index (χ4n) is 2.00. The minimum atomic E-state index is -0.420. The van der Waals surface area contributed by atoms with E-state index in [0.717, 1.165) is 15.9 Å². The molecule has 1 aromatic heterocycles. The van der Waals surface area contributed by atoms with Crippen molar-refractivity contribution < 1.29 is 9.13 Å². The van der Waals surface area contributed by atoms with E-state index in [4.69, 9.17) is 10.5 Å². The van der Waals surface area contributed by atoms with Crippen molar-refractivity contribution in [1.29, 1.82) is 0 Å². The van der Waals surface area contributed by atoms with Crippen molar-refractivity contribution in [1.82, 2.24) is 0 Å². The molecule has 6 heteroatoms. The average Bonchev–Trinajstić information content (AvgIpc) is 2.83. The zero-order valence-electron chi connectivity index (χ0n) is 12.0. The Labute approximate surface area is 136 Å². The van der Waals surface area contributed by atoms with Crippen LogP contribution in [0.15, 0.2) is 27.4 Å². The van der Waals surface area contributed by atoms with E-state index < -0.39 is 5.82 Å². The third kappa shape index (κ3) is 4.11. The van der Waals surface area contributed by atoms with Gasteiger partial charge in [-0.15, -0.1) is 11.3 Å². The molecule has 1 aromatic carbocycles. The van der Waals surface area contributed by atoms with Gasteiger partial charge in [-0.2, -0.15) is 0 Å². The molecule has 2 aromatic rings. The molecule has 0 saturated heterocycles. The van der Waals surface area contributed by atoms with Crippen molar-refractivity contribution in [3.8, 4) is 5.75 Å². The molecule has 1 heterocycles. The number of nitrogens with two attached hydrogens (primary N) is 1. The third-order valence-electron chi connectivity index (χ3n) is 3.00. The highest BCUT2D eigenvalue weighted by molar-refractivity contribution is 9.11. The molecule has 0 amide bonds. The molecule has 2 N–H and O–H groups in total. The van der Waals surface area contributed by atoms with Gasteiger partial charge in [0.2, 0.25) is 0 Å². The first-order valence-corrected chi connectivity index (χ1v) is 8.34. The topological polar surface area (TPSA) is 38.5 Å². The van der Waals surface area contributed by atoms with Crippen molar-refractivity contribution in [2.75, 3.05) is 24.3 Å². The van der Waals surface area contributed by atoms with E-state index in [0.29, 0.717) is 18.8 Å². The molecule has 3 nitrogen and oxygen atoms in total. The number of thiophene rings is 1. The van der Waals surface area contributed by atoms with Crippen LogP contribution < -0.4 is 15.4 Å². The van der Waals surface area contributed by atoms with Crippen LogP contribution >= 0.6 is 27.3 Å². The number of anilines is 2. The van der Waals surface area contributed by atoms with Crippen molar-refractivity contribution in [3.63, 3.8) is 0 Å². The summed E-state index contributed by atoms with van der Waals surface area (Å²) in [7, 11) is 1.93. The minimum absolute atomic E-state index is 0.249. The highest BCUT2D eigenvalue weighted by Gasteiger charge is 2.13. The summed E-state index contributed by atoms with van der Waals surface area (Å²) in [5.74, 6) is -0.171. The van der Waals surface area contributed by atoms with E-state index in [1.54, 1.807) is 17.4 Å². The first kappa shape index (κ1) is 16.1. The maximum atomic E-state index is 13.8. The summed E-state index contributed by atoms with van der Waals surface area (Å²) in [5.41, 5.74) is 8.29. The Morgan fingerprint density at radius 2 is 2.14 bits per heavy atom. The molecule has 0 unspecified atom stereocenters. The predicted molar refractivity (Wildman–Crippen MR) is 90.7 cm³/mol. The van der Waals surface area contributed by atoms with Gasteiger partial charge >= 0.3 is 0 Å². The molecule has 0 spiro atoms. The Kier molecular flexibility index (Phi) is 5.47. The Bertz CT molecular complexity index is 618. The molecule has 0 saturated carbocycles. The number of rotatable bonds is 6.